The number of nitrogens with zero attached hydrogens (tertiary/aromatic N) is 2. The number of nitrogens with two attached hydrogens (primary N) is 1. The second-order valence-corrected chi connectivity index (χ2v) is 4.89. The van der Waals surface area contributed by atoms with Crippen LogP contribution in [-0.4, -0.2) is 16.2 Å². The third-order valence-corrected chi connectivity index (χ3v) is 3.12. The van der Waals surface area contributed by atoms with E-state index >= 15 is 0 Å². The standard InChI is InChI=1S/C14H17N3OS/c1-3-4-10-5-7-11(8-6-10)18-13-9-12(15)16-14(17-13)19-2/h5-9H,3-4H2,1-2H3,(H2,15,16,17). The average Bonchev–Trinajstić information content (AvgIpc) is 2.40. The zero-order valence-electron chi connectivity index (χ0n) is 11.1. The van der Waals surface area contributed by atoms with Crippen LogP contribution in [0.5, 0.6) is 11.6 Å². The van der Waals surface area contributed by atoms with Crippen molar-refractivity contribution < 1.29 is 4.74 Å². The van der Waals surface area contributed by atoms with Gasteiger partial charge in [0.05, 0.1) is 0 Å². The fraction of sp³-hybridized carbons (Fsp3) is 0.286. The Morgan fingerprint density at radius 1 is 1.21 bits per heavy atom. The summed E-state index contributed by atoms with van der Waals surface area (Å²) >= 11 is 1.43. The molecule has 0 spiro atoms. The molecule has 0 atom stereocenters. The zero-order valence-corrected chi connectivity index (χ0v) is 11.9. The van der Waals surface area contributed by atoms with Gasteiger partial charge in [0.1, 0.15) is 11.6 Å². The van der Waals surface area contributed by atoms with Gasteiger partial charge in [-0.05, 0) is 30.4 Å². The van der Waals surface area contributed by atoms with Crippen molar-refractivity contribution in [3.8, 4) is 11.6 Å². The highest BCUT2D eigenvalue weighted by molar-refractivity contribution is 7.98. The number of hydrogen-bond donors (Lipinski definition) is 1. The molecule has 19 heavy (non-hydrogen) atoms. The molecule has 0 saturated heterocycles. The molecule has 0 radical (unpaired) electrons. The molecule has 1 aromatic heterocycles. The molecule has 4 nitrogen and oxygen atoms in total. The van der Waals surface area contributed by atoms with E-state index in [9.17, 15) is 0 Å². The summed E-state index contributed by atoms with van der Waals surface area (Å²) in [5.74, 6) is 1.64. The van der Waals surface area contributed by atoms with Gasteiger partial charge >= 0.3 is 0 Å². The van der Waals surface area contributed by atoms with Gasteiger partial charge in [-0.2, -0.15) is 4.98 Å². The number of thioether (sulfide) groups is 1. The number of aromatic nitrogens is 2. The Kier molecular flexibility index (Phi) is 4.63. The van der Waals surface area contributed by atoms with Gasteiger partial charge in [-0.25, -0.2) is 4.98 Å². The van der Waals surface area contributed by atoms with E-state index in [0.717, 1.165) is 18.6 Å². The number of aryl methyl sites for hydroxylation is 1. The van der Waals surface area contributed by atoms with Gasteiger partial charge in [0.15, 0.2) is 5.16 Å². The minimum absolute atomic E-state index is 0.414. The summed E-state index contributed by atoms with van der Waals surface area (Å²) in [6.45, 7) is 2.16. The molecule has 0 bridgehead atoms. The van der Waals surface area contributed by atoms with Crippen LogP contribution in [0.3, 0.4) is 0 Å². The lowest BCUT2D eigenvalue weighted by Gasteiger charge is -2.07. The maximum atomic E-state index is 5.71. The molecule has 100 valence electrons. The van der Waals surface area contributed by atoms with Crippen LogP contribution in [0.2, 0.25) is 0 Å². The highest BCUT2D eigenvalue weighted by atomic mass is 32.2. The van der Waals surface area contributed by atoms with Gasteiger partial charge in [0.25, 0.3) is 0 Å². The number of benzene rings is 1. The van der Waals surface area contributed by atoms with Crippen molar-refractivity contribution in [2.45, 2.75) is 24.9 Å². The molecular weight excluding hydrogens is 258 g/mol. The van der Waals surface area contributed by atoms with E-state index in [4.69, 9.17) is 10.5 Å². The quantitative estimate of drug-likeness (QED) is 0.668. The first-order valence-electron chi connectivity index (χ1n) is 6.16. The molecule has 2 aromatic rings. The summed E-state index contributed by atoms with van der Waals surface area (Å²) in [6.07, 6.45) is 4.12. The predicted octanol–water partition coefficient (Wildman–Crippen LogP) is 3.53. The lowest BCUT2D eigenvalue weighted by Crippen LogP contribution is -1.97. The molecule has 1 aromatic carbocycles. The number of ether oxygens (including phenoxy) is 1. The predicted molar refractivity (Wildman–Crippen MR) is 78.7 cm³/mol. The van der Waals surface area contributed by atoms with Crippen molar-refractivity contribution >= 4 is 17.6 Å². The minimum atomic E-state index is 0.414. The maximum Gasteiger partial charge on any atom is 0.225 e. The summed E-state index contributed by atoms with van der Waals surface area (Å²) in [5.41, 5.74) is 7.02. The van der Waals surface area contributed by atoms with Gasteiger partial charge in [0.2, 0.25) is 5.88 Å². The van der Waals surface area contributed by atoms with Crippen LogP contribution in [0.1, 0.15) is 18.9 Å². The molecule has 0 aliphatic heterocycles. The van der Waals surface area contributed by atoms with Crippen LogP contribution in [0, 0.1) is 0 Å². The van der Waals surface area contributed by atoms with Crippen LogP contribution >= 0.6 is 11.8 Å². The summed E-state index contributed by atoms with van der Waals surface area (Å²) in [6, 6.07) is 9.65. The van der Waals surface area contributed by atoms with Crippen LogP contribution in [0.4, 0.5) is 5.82 Å². The smallest absolute Gasteiger partial charge is 0.225 e. The first kappa shape index (κ1) is 13.7. The van der Waals surface area contributed by atoms with Gasteiger partial charge in [-0.3, -0.25) is 0 Å². The van der Waals surface area contributed by atoms with Gasteiger partial charge in [-0.1, -0.05) is 37.2 Å². The molecule has 0 amide bonds. The molecule has 2 rings (SSSR count). The maximum absolute atomic E-state index is 5.71. The molecular formula is C14H17N3OS. The van der Waals surface area contributed by atoms with E-state index in [0.29, 0.717) is 16.9 Å². The van der Waals surface area contributed by atoms with Crippen LogP contribution < -0.4 is 10.5 Å². The number of rotatable bonds is 5. The summed E-state index contributed by atoms with van der Waals surface area (Å²) in [7, 11) is 0. The fourth-order valence-electron chi connectivity index (χ4n) is 1.70. The first-order valence-corrected chi connectivity index (χ1v) is 7.39. The van der Waals surface area contributed by atoms with Gasteiger partial charge in [0, 0.05) is 6.07 Å². The summed E-state index contributed by atoms with van der Waals surface area (Å²) < 4.78 is 5.69. The van der Waals surface area contributed by atoms with Crippen molar-refractivity contribution in [1.82, 2.24) is 9.97 Å². The van der Waals surface area contributed by atoms with Crippen molar-refractivity contribution in [3.05, 3.63) is 35.9 Å². The lowest BCUT2D eigenvalue weighted by atomic mass is 10.1. The third-order valence-electron chi connectivity index (χ3n) is 2.57. The molecule has 5 heteroatoms. The van der Waals surface area contributed by atoms with Gasteiger partial charge in [-0.15, -0.1) is 0 Å². The second-order valence-electron chi connectivity index (χ2n) is 4.11. The van der Waals surface area contributed by atoms with Crippen molar-refractivity contribution in [3.63, 3.8) is 0 Å². The molecule has 0 fully saturated rings. The van der Waals surface area contributed by atoms with E-state index in [2.05, 4.69) is 29.0 Å². The largest absolute Gasteiger partial charge is 0.439 e. The number of anilines is 1. The fourth-order valence-corrected chi connectivity index (χ4v) is 2.08. The number of nitrogen functional groups attached to an aromatic ring is 1. The van der Waals surface area contributed by atoms with Gasteiger partial charge < -0.3 is 10.5 Å². The average molecular weight is 275 g/mol. The lowest BCUT2D eigenvalue weighted by molar-refractivity contribution is 0.456. The van der Waals surface area contributed by atoms with E-state index in [-0.39, 0.29) is 0 Å². The summed E-state index contributed by atoms with van der Waals surface area (Å²) in [4.78, 5) is 8.34. The molecule has 0 aliphatic rings. The Morgan fingerprint density at radius 3 is 2.58 bits per heavy atom. The molecule has 2 N–H and O–H groups in total. The molecule has 0 unspecified atom stereocenters. The Hall–Kier alpha value is -1.75. The van der Waals surface area contributed by atoms with Crippen LogP contribution in [-0.2, 0) is 6.42 Å². The van der Waals surface area contributed by atoms with E-state index < -0.39 is 0 Å². The highest BCUT2D eigenvalue weighted by Crippen LogP contribution is 2.23. The third kappa shape index (κ3) is 3.86. The Balaban J connectivity index is 2.14. The monoisotopic (exact) mass is 275 g/mol. The van der Waals surface area contributed by atoms with Crippen LogP contribution in [0.25, 0.3) is 0 Å². The topological polar surface area (TPSA) is 61.0 Å². The highest BCUT2D eigenvalue weighted by Gasteiger charge is 2.04. The summed E-state index contributed by atoms with van der Waals surface area (Å²) in [5, 5.41) is 0.609. The minimum Gasteiger partial charge on any atom is -0.439 e. The van der Waals surface area contributed by atoms with E-state index in [1.165, 1.54) is 17.3 Å². The van der Waals surface area contributed by atoms with E-state index in [1.54, 1.807) is 6.07 Å². The molecule has 0 saturated carbocycles. The second kappa shape index (κ2) is 6.43. The Morgan fingerprint density at radius 2 is 1.95 bits per heavy atom. The first-order chi connectivity index (χ1) is 9.21. The number of hydrogen-bond acceptors (Lipinski definition) is 5. The Labute approximate surface area is 117 Å². The van der Waals surface area contributed by atoms with E-state index in [1.807, 2.05) is 18.4 Å². The Bertz CT molecular complexity index is 543. The normalized spacial score (nSPS) is 10.4. The van der Waals surface area contributed by atoms with Crippen LogP contribution in [0.15, 0.2) is 35.5 Å². The zero-order chi connectivity index (χ0) is 13.7. The van der Waals surface area contributed by atoms with Crippen molar-refractivity contribution in [1.29, 1.82) is 0 Å². The molecule has 0 aliphatic carbocycles. The van der Waals surface area contributed by atoms with Crippen molar-refractivity contribution in [2.24, 2.45) is 0 Å². The van der Waals surface area contributed by atoms with Crippen molar-refractivity contribution in [2.75, 3.05) is 12.0 Å². The molecule has 1 heterocycles. The SMILES string of the molecule is CCCc1ccc(Oc2cc(N)nc(SC)n2)cc1.